The highest BCUT2D eigenvalue weighted by atomic mass is 35.5. The molecule has 0 unspecified atom stereocenters. The van der Waals surface area contributed by atoms with Crippen LogP contribution in [0.3, 0.4) is 0 Å². The summed E-state index contributed by atoms with van der Waals surface area (Å²) in [5.41, 5.74) is 3.15. The van der Waals surface area contributed by atoms with Crippen LogP contribution >= 0.6 is 46.5 Å². The highest BCUT2D eigenvalue weighted by molar-refractivity contribution is 8.18. The van der Waals surface area contributed by atoms with E-state index in [1.807, 2.05) is 62.4 Å². The molecule has 0 saturated carbocycles. The van der Waals surface area contributed by atoms with Crippen LogP contribution in [0, 0.1) is 13.8 Å². The zero-order chi connectivity index (χ0) is 20.4. The second kappa shape index (κ2) is 8.79. The number of rotatable bonds is 4. The molecular formula is C22H17ClN2OS3. The molecule has 146 valence electrons. The molecule has 0 spiro atoms. The summed E-state index contributed by atoms with van der Waals surface area (Å²) >= 11 is 10.6. The van der Waals surface area contributed by atoms with Crippen LogP contribution in [0.25, 0.3) is 6.08 Å². The lowest BCUT2D eigenvalue weighted by molar-refractivity contribution is -0.115. The second-order valence-corrected chi connectivity index (χ2v) is 10.5. The topological polar surface area (TPSA) is 41.5 Å². The minimum Gasteiger partial charge on any atom is -0.300 e. The van der Waals surface area contributed by atoms with Crippen LogP contribution in [-0.2, 0) is 4.79 Å². The molecule has 1 fully saturated rings. The van der Waals surface area contributed by atoms with E-state index in [4.69, 9.17) is 11.6 Å². The van der Waals surface area contributed by atoms with Crippen LogP contribution in [0.2, 0.25) is 5.02 Å². The first-order chi connectivity index (χ1) is 13.9. The first kappa shape index (κ1) is 20.3. The maximum absolute atomic E-state index is 12.3. The SMILES string of the molecule is Cc1cc(C)cc(N=C2NC(=O)/C(=C/c3ccc(Sc4ccc(Cl)cc4)s3)S2)c1. The van der Waals surface area contributed by atoms with Gasteiger partial charge in [-0.2, -0.15) is 0 Å². The minimum absolute atomic E-state index is 0.113. The van der Waals surface area contributed by atoms with Gasteiger partial charge in [-0.1, -0.05) is 29.4 Å². The van der Waals surface area contributed by atoms with Crippen molar-refractivity contribution in [2.75, 3.05) is 0 Å². The molecule has 2 heterocycles. The number of carbonyl (C=O) groups excluding carboxylic acids is 1. The van der Waals surface area contributed by atoms with Gasteiger partial charge in [0.1, 0.15) is 0 Å². The Morgan fingerprint density at radius 3 is 2.48 bits per heavy atom. The number of aryl methyl sites for hydroxylation is 2. The molecule has 29 heavy (non-hydrogen) atoms. The Hall–Kier alpha value is -1.99. The summed E-state index contributed by atoms with van der Waals surface area (Å²) < 4.78 is 1.16. The number of thiophene rings is 1. The molecule has 7 heteroatoms. The lowest BCUT2D eigenvalue weighted by Gasteiger charge is -2.00. The zero-order valence-electron chi connectivity index (χ0n) is 15.7. The van der Waals surface area contributed by atoms with Gasteiger partial charge in [-0.25, -0.2) is 4.99 Å². The maximum Gasteiger partial charge on any atom is 0.264 e. The fourth-order valence-electron chi connectivity index (χ4n) is 2.83. The Morgan fingerprint density at radius 1 is 1.03 bits per heavy atom. The average molecular weight is 457 g/mol. The molecule has 0 aliphatic carbocycles. The van der Waals surface area contributed by atoms with Gasteiger partial charge in [-0.3, -0.25) is 4.79 Å². The normalized spacial score (nSPS) is 16.6. The van der Waals surface area contributed by atoms with Crippen molar-refractivity contribution in [2.45, 2.75) is 23.0 Å². The van der Waals surface area contributed by atoms with Crippen molar-refractivity contribution < 1.29 is 4.79 Å². The Labute approximate surface area is 187 Å². The van der Waals surface area contributed by atoms with E-state index in [0.717, 1.165) is 35.8 Å². The third-order valence-corrected chi connectivity index (χ3v) is 7.33. The van der Waals surface area contributed by atoms with Crippen LogP contribution < -0.4 is 5.32 Å². The van der Waals surface area contributed by atoms with Gasteiger partial charge in [-0.05, 0) is 91.3 Å². The number of amides is 1. The molecular weight excluding hydrogens is 440 g/mol. The zero-order valence-corrected chi connectivity index (χ0v) is 18.9. The fraction of sp³-hybridized carbons (Fsp3) is 0.0909. The van der Waals surface area contributed by atoms with E-state index in [0.29, 0.717) is 10.1 Å². The summed E-state index contributed by atoms with van der Waals surface area (Å²) in [6, 6.07) is 18.0. The Morgan fingerprint density at radius 2 is 1.76 bits per heavy atom. The molecule has 1 aliphatic heterocycles. The third kappa shape index (κ3) is 5.34. The molecule has 1 N–H and O–H groups in total. The van der Waals surface area contributed by atoms with Crippen molar-refractivity contribution in [3.05, 3.63) is 80.5 Å². The van der Waals surface area contributed by atoms with Gasteiger partial charge in [0.25, 0.3) is 5.91 Å². The number of hydrogen-bond donors (Lipinski definition) is 1. The van der Waals surface area contributed by atoms with Gasteiger partial charge in [0.05, 0.1) is 14.8 Å². The summed E-state index contributed by atoms with van der Waals surface area (Å²) in [5, 5.41) is 4.20. The molecule has 0 radical (unpaired) electrons. The van der Waals surface area contributed by atoms with Crippen molar-refractivity contribution in [3.63, 3.8) is 0 Å². The van der Waals surface area contributed by atoms with E-state index in [9.17, 15) is 4.79 Å². The van der Waals surface area contributed by atoms with Crippen molar-refractivity contribution in [1.82, 2.24) is 5.32 Å². The molecule has 1 aliphatic rings. The van der Waals surface area contributed by atoms with Crippen molar-refractivity contribution in [3.8, 4) is 0 Å². The lowest BCUT2D eigenvalue weighted by Crippen LogP contribution is -2.19. The van der Waals surface area contributed by atoms with Gasteiger partial charge >= 0.3 is 0 Å². The van der Waals surface area contributed by atoms with Crippen LogP contribution in [0.5, 0.6) is 0 Å². The third-order valence-electron chi connectivity index (χ3n) is 4.00. The summed E-state index contributed by atoms with van der Waals surface area (Å²) in [5.74, 6) is -0.113. The first-order valence-electron chi connectivity index (χ1n) is 8.86. The number of nitrogens with one attached hydrogen (secondary N) is 1. The number of amidine groups is 1. The molecule has 1 aromatic heterocycles. The number of hydrogen-bond acceptors (Lipinski definition) is 5. The van der Waals surface area contributed by atoms with E-state index >= 15 is 0 Å². The standard InChI is InChI=1S/C22H17ClN2OS3/c1-13-9-14(2)11-16(10-13)24-22-25-21(26)19(29-22)12-18-7-8-20(28-18)27-17-5-3-15(23)4-6-17/h3-12H,1-2H3,(H,24,25,26)/b19-12-. The Balaban J connectivity index is 1.48. The number of halogens is 1. The van der Waals surface area contributed by atoms with E-state index in [2.05, 4.69) is 22.4 Å². The highest BCUT2D eigenvalue weighted by Crippen LogP contribution is 2.36. The van der Waals surface area contributed by atoms with Crippen LogP contribution in [0.15, 0.2) is 73.6 Å². The van der Waals surface area contributed by atoms with Crippen LogP contribution in [0.4, 0.5) is 5.69 Å². The van der Waals surface area contributed by atoms with Gasteiger partial charge in [0.15, 0.2) is 5.17 Å². The number of aliphatic imine (C=N–C) groups is 1. The summed E-state index contributed by atoms with van der Waals surface area (Å²) in [7, 11) is 0. The van der Waals surface area contributed by atoms with Crippen molar-refractivity contribution in [1.29, 1.82) is 0 Å². The fourth-order valence-corrected chi connectivity index (χ4v) is 5.93. The largest absolute Gasteiger partial charge is 0.300 e. The first-order valence-corrected chi connectivity index (χ1v) is 11.7. The second-order valence-electron chi connectivity index (χ2n) is 6.54. The van der Waals surface area contributed by atoms with Crippen molar-refractivity contribution in [2.24, 2.45) is 4.99 Å². The van der Waals surface area contributed by atoms with Gasteiger partial charge in [-0.15, -0.1) is 11.3 Å². The maximum atomic E-state index is 12.3. The smallest absolute Gasteiger partial charge is 0.264 e. The number of thioether (sulfide) groups is 1. The molecule has 4 rings (SSSR count). The van der Waals surface area contributed by atoms with Gasteiger partial charge in [0.2, 0.25) is 0 Å². The Bertz CT molecular complexity index is 1110. The predicted octanol–water partition coefficient (Wildman–Crippen LogP) is 7.06. The summed E-state index contributed by atoms with van der Waals surface area (Å²) in [6.45, 7) is 4.08. The molecule has 3 nitrogen and oxygen atoms in total. The molecule has 0 atom stereocenters. The van der Waals surface area contributed by atoms with Gasteiger partial charge in [0, 0.05) is 14.8 Å². The van der Waals surface area contributed by atoms with E-state index in [1.165, 1.54) is 11.8 Å². The molecule has 2 aromatic carbocycles. The minimum atomic E-state index is -0.113. The molecule has 1 amide bonds. The quantitative estimate of drug-likeness (QED) is 0.427. The van der Waals surface area contributed by atoms with E-state index < -0.39 is 0 Å². The molecule has 0 bridgehead atoms. The summed E-state index contributed by atoms with van der Waals surface area (Å²) in [6.07, 6.45) is 1.92. The highest BCUT2D eigenvalue weighted by Gasteiger charge is 2.24. The van der Waals surface area contributed by atoms with Gasteiger partial charge < -0.3 is 5.32 Å². The number of benzene rings is 2. The molecule has 3 aromatic rings. The summed E-state index contributed by atoms with van der Waals surface area (Å²) in [4.78, 5) is 19.8. The van der Waals surface area contributed by atoms with Crippen molar-refractivity contribution >= 4 is 69.3 Å². The monoisotopic (exact) mass is 456 g/mol. The Kier molecular flexibility index (Phi) is 6.15. The predicted molar refractivity (Wildman–Crippen MR) is 127 cm³/mol. The average Bonchev–Trinajstić information content (AvgIpc) is 3.23. The van der Waals surface area contributed by atoms with E-state index in [1.54, 1.807) is 23.1 Å². The molecule has 1 saturated heterocycles. The van der Waals surface area contributed by atoms with E-state index in [-0.39, 0.29) is 5.91 Å². The van der Waals surface area contributed by atoms with Crippen LogP contribution in [0.1, 0.15) is 16.0 Å². The number of nitrogens with zero attached hydrogens (tertiary/aromatic N) is 1. The number of carbonyl (C=O) groups is 1. The van der Waals surface area contributed by atoms with Crippen LogP contribution in [-0.4, -0.2) is 11.1 Å². The lowest BCUT2D eigenvalue weighted by atomic mass is 10.1.